The molecule has 10 heteroatoms. The van der Waals surface area contributed by atoms with Gasteiger partial charge in [0.05, 0.1) is 42.7 Å². The van der Waals surface area contributed by atoms with Crippen molar-refractivity contribution in [1.82, 2.24) is 19.9 Å². The highest BCUT2D eigenvalue weighted by atomic mass is 35.5. The number of hydrogen-bond donors (Lipinski definition) is 1. The van der Waals surface area contributed by atoms with Crippen LogP contribution in [0.1, 0.15) is 0 Å². The van der Waals surface area contributed by atoms with E-state index in [0.717, 1.165) is 37.6 Å². The molecule has 1 aromatic carbocycles. The Morgan fingerprint density at radius 1 is 1.03 bits per heavy atom. The Kier molecular flexibility index (Phi) is 6.11. The second-order valence-corrected chi connectivity index (χ2v) is 8.07. The minimum absolute atomic E-state index is 0.0938. The number of fused-ring (bicyclic) bond motifs is 1. The molecule has 32 heavy (non-hydrogen) atoms. The minimum Gasteiger partial charge on any atom is -0.455 e. The van der Waals surface area contributed by atoms with E-state index in [9.17, 15) is 4.79 Å². The summed E-state index contributed by atoms with van der Waals surface area (Å²) in [6.07, 6.45) is 0. The number of hydrogen-bond acceptors (Lipinski definition) is 7. The molecule has 0 aliphatic carbocycles. The molecule has 0 radical (unpaired) electrons. The quantitative estimate of drug-likeness (QED) is 0.628. The van der Waals surface area contributed by atoms with Gasteiger partial charge in [0.15, 0.2) is 12.3 Å². The Morgan fingerprint density at radius 2 is 1.72 bits per heavy atom. The fourth-order valence-corrected chi connectivity index (χ4v) is 4.11. The molecule has 0 bridgehead atoms. The van der Waals surface area contributed by atoms with Crippen LogP contribution in [0, 0.1) is 0 Å². The number of benzene rings is 1. The summed E-state index contributed by atoms with van der Waals surface area (Å²) >= 11 is 6.51. The first-order valence-corrected chi connectivity index (χ1v) is 11.0. The van der Waals surface area contributed by atoms with Crippen molar-refractivity contribution in [3.8, 4) is 17.3 Å². The van der Waals surface area contributed by atoms with E-state index in [1.54, 1.807) is 11.0 Å². The summed E-state index contributed by atoms with van der Waals surface area (Å²) < 4.78 is 16.3. The molecular formula is C22H24ClN5O4. The van der Waals surface area contributed by atoms with E-state index in [0.29, 0.717) is 48.2 Å². The molecule has 168 valence electrons. The lowest BCUT2D eigenvalue weighted by Gasteiger charge is -2.28. The Morgan fingerprint density at radius 3 is 2.44 bits per heavy atom. The number of rotatable bonds is 5. The molecule has 2 fully saturated rings. The molecule has 2 aliphatic heterocycles. The lowest BCUT2D eigenvalue weighted by atomic mass is 10.1. The standard InChI is InChI=1S/C22H24ClN5O4/c23-17-13-18-21(26-22(24-18)32-14-19(29)28-7-11-31-12-8-28)25-20(17)15-1-3-16(4-2-15)27-5-9-30-10-6-27/h1-4,13H,5-12,14H2,(H,24,25,26). The molecule has 1 amide bonds. The number of halogens is 1. The van der Waals surface area contributed by atoms with Crippen molar-refractivity contribution >= 4 is 34.4 Å². The number of pyridine rings is 1. The molecule has 2 aromatic heterocycles. The third-order valence-corrected chi connectivity index (χ3v) is 5.91. The average Bonchev–Trinajstić information content (AvgIpc) is 3.25. The van der Waals surface area contributed by atoms with Crippen molar-refractivity contribution in [2.45, 2.75) is 0 Å². The van der Waals surface area contributed by atoms with Gasteiger partial charge in [0.1, 0.15) is 0 Å². The van der Waals surface area contributed by atoms with Gasteiger partial charge in [-0.2, -0.15) is 4.98 Å². The first-order valence-electron chi connectivity index (χ1n) is 10.6. The zero-order valence-corrected chi connectivity index (χ0v) is 18.3. The van der Waals surface area contributed by atoms with E-state index >= 15 is 0 Å². The van der Waals surface area contributed by atoms with E-state index in [1.807, 2.05) is 12.1 Å². The Labute approximate surface area is 190 Å². The predicted octanol–water partition coefficient (Wildman–Crippen LogP) is 2.35. The SMILES string of the molecule is O=C(COc1nc2nc(-c3ccc(N4CCOCC4)cc3)c(Cl)cc2[nH]1)N1CCOCC1. The van der Waals surface area contributed by atoms with Gasteiger partial charge in [0.25, 0.3) is 11.9 Å². The van der Waals surface area contributed by atoms with Crippen molar-refractivity contribution in [3.05, 3.63) is 35.4 Å². The van der Waals surface area contributed by atoms with Gasteiger partial charge in [-0.1, -0.05) is 23.7 Å². The molecule has 0 spiro atoms. The lowest BCUT2D eigenvalue weighted by molar-refractivity contribution is -0.137. The van der Waals surface area contributed by atoms with E-state index in [2.05, 4.69) is 32.0 Å². The first kappa shape index (κ1) is 21.0. The second-order valence-electron chi connectivity index (χ2n) is 7.66. The van der Waals surface area contributed by atoms with E-state index in [-0.39, 0.29) is 18.5 Å². The van der Waals surface area contributed by atoms with Crippen LogP contribution in [0.3, 0.4) is 0 Å². The molecule has 9 nitrogen and oxygen atoms in total. The summed E-state index contributed by atoms with van der Waals surface area (Å²) in [5, 5.41) is 0.510. The monoisotopic (exact) mass is 457 g/mol. The number of nitrogens with zero attached hydrogens (tertiary/aromatic N) is 4. The number of morpholine rings is 2. The molecule has 3 aromatic rings. The van der Waals surface area contributed by atoms with Crippen LogP contribution in [0.4, 0.5) is 5.69 Å². The molecule has 0 atom stereocenters. The zero-order chi connectivity index (χ0) is 21.9. The number of carbonyl (C=O) groups excluding carboxylic acids is 1. The van der Waals surface area contributed by atoms with Crippen molar-refractivity contribution in [2.75, 3.05) is 64.1 Å². The van der Waals surface area contributed by atoms with Crippen LogP contribution in [0.15, 0.2) is 30.3 Å². The van der Waals surface area contributed by atoms with Crippen LogP contribution in [-0.2, 0) is 14.3 Å². The number of aromatic amines is 1. The maximum absolute atomic E-state index is 12.3. The van der Waals surface area contributed by atoms with Gasteiger partial charge in [-0.05, 0) is 18.2 Å². The topological polar surface area (TPSA) is 92.8 Å². The van der Waals surface area contributed by atoms with Gasteiger partial charge < -0.3 is 29.0 Å². The molecule has 5 rings (SSSR count). The highest BCUT2D eigenvalue weighted by Gasteiger charge is 2.19. The number of anilines is 1. The molecule has 0 saturated carbocycles. The van der Waals surface area contributed by atoms with Crippen LogP contribution in [0.5, 0.6) is 6.01 Å². The van der Waals surface area contributed by atoms with Gasteiger partial charge in [0.2, 0.25) is 0 Å². The molecule has 4 heterocycles. The number of aromatic nitrogens is 3. The van der Waals surface area contributed by atoms with E-state index < -0.39 is 0 Å². The van der Waals surface area contributed by atoms with Crippen LogP contribution in [-0.4, -0.2) is 85.0 Å². The lowest BCUT2D eigenvalue weighted by Crippen LogP contribution is -2.43. The van der Waals surface area contributed by atoms with Gasteiger partial charge >= 0.3 is 0 Å². The molecule has 2 saturated heterocycles. The summed E-state index contributed by atoms with van der Waals surface area (Å²) in [6, 6.07) is 10.2. The fraction of sp³-hybridized carbons (Fsp3) is 0.409. The summed E-state index contributed by atoms with van der Waals surface area (Å²) in [5.74, 6) is -0.0965. The van der Waals surface area contributed by atoms with Crippen LogP contribution >= 0.6 is 11.6 Å². The third kappa shape index (κ3) is 4.50. The number of nitrogens with one attached hydrogen (secondary N) is 1. The normalized spacial score (nSPS) is 17.0. The van der Waals surface area contributed by atoms with Crippen molar-refractivity contribution in [2.24, 2.45) is 0 Å². The van der Waals surface area contributed by atoms with Crippen LogP contribution in [0.2, 0.25) is 5.02 Å². The van der Waals surface area contributed by atoms with Gasteiger partial charge in [-0.3, -0.25) is 4.79 Å². The summed E-state index contributed by atoms with van der Waals surface area (Å²) in [5.41, 5.74) is 3.83. The second kappa shape index (κ2) is 9.32. The summed E-state index contributed by atoms with van der Waals surface area (Å²) in [4.78, 5) is 28.3. The maximum atomic E-state index is 12.3. The Balaban J connectivity index is 1.30. The fourth-order valence-electron chi connectivity index (χ4n) is 3.85. The minimum atomic E-state index is -0.0965. The number of imidazole rings is 1. The van der Waals surface area contributed by atoms with Gasteiger partial charge in [-0.25, -0.2) is 4.98 Å². The van der Waals surface area contributed by atoms with E-state index in [4.69, 9.17) is 25.8 Å². The third-order valence-electron chi connectivity index (χ3n) is 5.62. The number of carbonyl (C=O) groups is 1. The van der Waals surface area contributed by atoms with Crippen molar-refractivity contribution in [3.63, 3.8) is 0 Å². The summed E-state index contributed by atoms with van der Waals surface area (Å²) in [6.45, 7) is 5.41. The highest BCUT2D eigenvalue weighted by Crippen LogP contribution is 2.31. The van der Waals surface area contributed by atoms with Gasteiger partial charge in [0, 0.05) is 37.4 Å². The van der Waals surface area contributed by atoms with Crippen LogP contribution in [0.25, 0.3) is 22.4 Å². The Bertz CT molecular complexity index is 1090. The van der Waals surface area contributed by atoms with E-state index in [1.165, 1.54) is 0 Å². The van der Waals surface area contributed by atoms with Crippen molar-refractivity contribution < 1.29 is 19.0 Å². The first-order chi connectivity index (χ1) is 15.7. The molecule has 0 unspecified atom stereocenters. The van der Waals surface area contributed by atoms with Crippen molar-refractivity contribution in [1.29, 1.82) is 0 Å². The number of ether oxygens (including phenoxy) is 3. The average molecular weight is 458 g/mol. The zero-order valence-electron chi connectivity index (χ0n) is 17.6. The Hall–Kier alpha value is -2.88. The highest BCUT2D eigenvalue weighted by molar-refractivity contribution is 6.33. The largest absolute Gasteiger partial charge is 0.455 e. The maximum Gasteiger partial charge on any atom is 0.296 e. The smallest absolute Gasteiger partial charge is 0.296 e. The van der Waals surface area contributed by atoms with Crippen LogP contribution < -0.4 is 9.64 Å². The molecule has 1 N–H and O–H groups in total. The molecular weight excluding hydrogens is 434 g/mol. The summed E-state index contributed by atoms with van der Waals surface area (Å²) in [7, 11) is 0. The van der Waals surface area contributed by atoms with Gasteiger partial charge in [-0.15, -0.1) is 0 Å². The molecule has 2 aliphatic rings. The predicted molar refractivity (Wildman–Crippen MR) is 120 cm³/mol. The number of amides is 1. The number of H-pyrrole nitrogens is 1.